The molecule has 0 bridgehead atoms. The maximum atomic E-state index is 12.6. The molecule has 0 spiro atoms. The Morgan fingerprint density at radius 1 is 1.12 bits per heavy atom. The van der Waals surface area contributed by atoms with Gasteiger partial charge in [0, 0.05) is 11.2 Å². The van der Waals surface area contributed by atoms with Crippen molar-refractivity contribution in [3.63, 3.8) is 0 Å². The van der Waals surface area contributed by atoms with Crippen molar-refractivity contribution in [1.29, 1.82) is 0 Å². The van der Waals surface area contributed by atoms with Gasteiger partial charge in [0.2, 0.25) is 9.84 Å². The van der Waals surface area contributed by atoms with Crippen LogP contribution in [0.3, 0.4) is 0 Å². The van der Waals surface area contributed by atoms with Crippen LogP contribution in [0.1, 0.15) is 15.2 Å². The largest absolute Gasteiger partial charge is 0.306 e. The third-order valence-corrected chi connectivity index (χ3v) is 6.95. The number of nitrogens with one attached hydrogen (secondary N) is 1. The van der Waals surface area contributed by atoms with Gasteiger partial charge in [0.25, 0.3) is 5.91 Å². The van der Waals surface area contributed by atoms with Gasteiger partial charge in [-0.15, -0.1) is 11.3 Å². The molecule has 3 rings (SSSR count). The van der Waals surface area contributed by atoms with Gasteiger partial charge in [0.05, 0.1) is 9.77 Å². The summed E-state index contributed by atoms with van der Waals surface area (Å²) < 4.78 is 25.3. The standard InChI is InChI=1S/C17H13ClN2O3S2/c1-11-8-9-19-15(10-11)20-17(21)14-6-7-16(24-14)25(22,23)13-4-2-12(18)3-5-13/h2-10H,1H3,(H,19,20,21). The molecule has 0 unspecified atom stereocenters. The van der Waals surface area contributed by atoms with Crippen molar-refractivity contribution in [2.75, 3.05) is 5.32 Å². The highest BCUT2D eigenvalue weighted by atomic mass is 35.5. The van der Waals surface area contributed by atoms with E-state index < -0.39 is 15.7 Å². The summed E-state index contributed by atoms with van der Waals surface area (Å²) in [4.78, 5) is 16.8. The fourth-order valence-corrected chi connectivity index (χ4v) is 4.83. The lowest BCUT2D eigenvalue weighted by molar-refractivity contribution is 0.103. The number of sulfone groups is 1. The van der Waals surface area contributed by atoms with E-state index in [4.69, 9.17) is 11.6 Å². The summed E-state index contributed by atoms with van der Waals surface area (Å²) in [5, 5.41) is 3.11. The Kier molecular flexibility index (Phi) is 4.89. The Balaban J connectivity index is 1.84. The number of halogens is 1. The molecule has 5 nitrogen and oxygen atoms in total. The Morgan fingerprint density at radius 3 is 2.52 bits per heavy atom. The van der Waals surface area contributed by atoms with Crippen LogP contribution in [0.25, 0.3) is 0 Å². The number of amides is 1. The van der Waals surface area contributed by atoms with E-state index in [1.165, 1.54) is 36.4 Å². The first kappa shape index (κ1) is 17.6. The number of aromatic nitrogens is 1. The quantitative estimate of drug-likeness (QED) is 0.722. The van der Waals surface area contributed by atoms with Crippen molar-refractivity contribution in [3.8, 4) is 0 Å². The van der Waals surface area contributed by atoms with E-state index in [0.29, 0.717) is 10.8 Å². The minimum absolute atomic E-state index is 0.0946. The molecule has 0 saturated heterocycles. The predicted molar refractivity (Wildman–Crippen MR) is 98.2 cm³/mol. The van der Waals surface area contributed by atoms with Crippen LogP contribution in [0.5, 0.6) is 0 Å². The molecule has 8 heteroatoms. The predicted octanol–water partition coefficient (Wildman–Crippen LogP) is 4.19. The van der Waals surface area contributed by atoms with Crippen LogP contribution in [0, 0.1) is 6.92 Å². The van der Waals surface area contributed by atoms with E-state index in [9.17, 15) is 13.2 Å². The number of hydrogen-bond donors (Lipinski definition) is 1. The third-order valence-electron chi connectivity index (χ3n) is 3.35. The molecule has 0 fully saturated rings. The summed E-state index contributed by atoms with van der Waals surface area (Å²) in [6, 6.07) is 12.4. The minimum atomic E-state index is -3.68. The van der Waals surface area contributed by atoms with Crippen LogP contribution in [0.15, 0.2) is 63.8 Å². The first-order valence-corrected chi connectivity index (χ1v) is 9.88. The van der Waals surface area contributed by atoms with Crippen LogP contribution < -0.4 is 5.32 Å². The van der Waals surface area contributed by atoms with Crippen molar-refractivity contribution in [2.45, 2.75) is 16.0 Å². The average Bonchev–Trinajstić information content (AvgIpc) is 3.06. The van der Waals surface area contributed by atoms with Crippen molar-refractivity contribution >= 4 is 44.5 Å². The fraction of sp³-hybridized carbons (Fsp3) is 0.0588. The summed E-state index contributed by atoms with van der Waals surface area (Å²) in [5.41, 5.74) is 0.961. The molecule has 128 valence electrons. The molecule has 25 heavy (non-hydrogen) atoms. The maximum absolute atomic E-state index is 12.6. The van der Waals surface area contributed by atoms with E-state index in [1.54, 1.807) is 12.3 Å². The normalized spacial score (nSPS) is 11.3. The molecule has 0 aliphatic heterocycles. The lowest BCUT2D eigenvalue weighted by atomic mass is 10.3. The lowest BCUT2D eigenvalue weighted by Gasteiger charge is -2.03. The number of aryl methyl sites for hydroxylation is 1. The minimum Gasteiger partial charge on any atom is -0.306 e. The number of carbonyl (C=O) groups is 1. The second-order valence-corrected chi connectivity index (χ2v) is 8.95. The Hall–Kier alpha value is -2.22. The number of pyridine rings is 1. The summed E-state index contributed by atoms with van der Waals surface area (Å²) in [6.45, 7) is 1.89. The molecular weight excluding hydrogens is 380 g/mol. The lowest BCUT2D eigenvalue weighted by Crippen LogP contribution is -2.11. The molecule has 0 atom stereocenters. The third kappa shape index (κ3) is 3.89. The summed E-state index contributed by atoms with van der Waals surface area (Å²) >= 11 is 6.70. The monoisotopic (exact) mass is 392 g/mol. The molecule has 0 aliphatic rings. The first-order chi connectivity index (χ1) is 11.9. The molecule has 2 aromatic heterocycles. The smallest absolute Gasteiger partial charge is 0.266 e. The highest BCUT2D eigenvalue weighted by molar-refractivity contribution is 7.93. The molecule has 3 aromatic rings. The van der Waals surface area contributed by atoms with Gasteiger partial charge in [-0.3, -0.25) is 4.79 Å². The number of anilines is 1. The van der Waals surface area contributed by atoms with Gasteiger partial charge in [-0.05, 0) is 61.0 Å². The molecule has 2 heterocycles. The van der Waals surface area contributed by atoms with Crippen molar-refractivity contribution in [3.05, 3.63) is 70.2 Å². The second kappa shape index (κ2) is 6.95. The molecular formula is C17H13ClN2O3S2. The van der Waals surface area contributed by atoms with Crippen LogP contribution in [0.4, 0.5) is 5.82 Å². The van der Waals surface area contributed by atoms with Crippen molar-refractivity contribution < 1.29 is 13.2 Å². The van der Waals surface area contributed by atoms with Gasteiger partial charge in [-0.2, -0.15) is 0 Å². The number of carbonyl (C=O) groups excluding carboxylic acids is 1. The average molecular weight is 393 g/mol. The van der Waals surface area contributed by atoms with E-state index >= 15 is 0 Å². The van der Waals surface area contributed by atoms with Gasteiger partial charge in [-0.1, -0.05) is 11.6 Å². The van der Waals surface area contributed by atoms with Gasteiger partial charge >= 0.3 is 0 Å². The molecule has 1 N–H and O–H groups in total. The number of rotatable bonds is 4. The molecule has 0 saturated carbocycles. The Bertz CT molecular complexity index is 1030. The molecule has 0 radical (unpaired) electrons. The zero-order valence-corrected chi connectivity index (χ0v) is 15.5. The van der Waals surface area contributed by atoms with Crippen LogP contribution in [-0.4, -0.2) is 19.3 Å². The molecule has 1 amide bonds. The van der Waals surface area contributed by atoms with E-state index in [0.717, 1.165) is 16.9 Å². The summed E-state index contributed by atoms with van der Waals surface area (Å²) in [5.74, 6) is 0.0150. The first-order valence-electron chi connectivity index (χ1n) is 7.21. The van der Waals surface area contributed by atoms with Gasteiger partial charge in [-0.25, -0.2) is 13.4 Å². The Morgan fingerprint density at radius 2 is 1.84 bits per heavy atom. The Labute approximate surface area is 154 Å². The highest BCUT2D eigenvalue weighted by Crippen LogP contribution is 2.29. The van der Waals surface area contributed by atoms with Gasteiger partial charge in [0.15, 0.2) is 0 Å². The fourth-order valence-electron chi connectivity index (χ4n) is 2.10. The topological polar surface area (TPSA) is 76.1 Å². The molecule has 0 aliphatic carbocycles. The van der Waals surface area contributed by atoms with Gasteiger partial charge < -0.3 is 5.32 Å². The number of nitrogens with zero attached hydrogens (tertiary/aromatic N) is 1. The van der Waals surface area contributed by atoms with Crippen LogP contribution in [-0.2, 0) is 9.84 Å². The van der Waals surface area contributed by atoms with E-state index in [1.807, 2.05) is 13.0 Å². The van der Waals surface area contributed by atoms with E-state index in [-0.39, 0.29) is 14.0 Å². The summed E-state index contributed by atoms with van der Waals surface area (Å²) in [7, 11) is -3.68. The van der Waals surface area contributed by atoms with Crippen LogP contribution >= 0.6 is 22.9 Å². The van der Waals surface area contributed by atoms with E-state index in [2.05, 4.69) is 10.3 Å². The van der Waals surface area contributed by atoms with Crippen LogP contribution in [0.2, 0.25) is 5.02 Å². The highest BCUT2D eigenvalue weighted by Gasteiger charge is 2.21. The second-order valence-electron chi connectivity index (χ2n) is 5.25. The number of hydrogen-bond acceptors (Lipinski definition) is 5. The SMILES string of the molecule is Cc1ccnc(NC(=O)c2ccc(S(=O)(=O)c3ccc(Cl)cc3)s2)c1. The number of benzene rings is 1. The zero-order chi connectivity index (χ0) is 18.0. The molecule has 1 aromatic carbocycles. The van der Waals surface area contributed by atoms with Gasteiger partial charge in [0.1, 0.15) is 10.0 Å². The summed E-state index contributed by atoms with van der Waals surface area (Å²) in [6.07, 6.45) is 1.59. The van der Waals surface area contributed by atoms with Crippen molar-refractivity contribution in [2.24, 2.45) is 0 Å². The van der Waals surface area contributed by atoms with Crippen molar-refractivity contribution in [1.82, 2.24) is 4.98 Å². The zero-order valence-electron chi connectivity index (χ0n) is 13.1. The maximum Gasteiger partial charge on any atom is 0.266 e. The number of thiophene rings is 1.